The second-order valence-corrected chi connectivity index (χ2v) is 10.8. The molecule has 43 heavy (non-hydrogen) atoms. The fourth-order valence-electron chi connectivity index (χ4n) is 4.46. The Morgan fingerprint density at radius 2 is 1.84 bits per heavy atom. The number of anilines is 1. The molecule has 0 spiro atoms. The molecule has 4 aromatic rings. The zero-order valence-electron chi connectivity index (χ0n) is 23.0. The topological polar surface area (TPSA) is 84.6 Å². The van der Waals surface area contributed by atoms with E-state index in [1.165, 1.54) is 47.0 Å². The zero-order chi connectivity index (χ0) is 30.4. The smallest absolute Gasteiger partial charge is 0.406 e. The van der Waals surface area contributed by atoms with Crippen LogP contribution in [0.2, 0.25) is 0 Å². The summed E-state index contributed by atoms with van der Waals surface area (Å²) < 4.78 is 42.6. The van der Waals surface area contributed by atoms with Crippen molar-refractivity contribution in [1.82, 2.24) is 20.1 Å². The van der Waals surface area contributed by atoms with Crippen LogP contribution in [0.5, 0.6) is 5.75 Å². The minimum Gasteiger partial charge on any atom is -0.406 e. The number of para-hydroxylation sites is 1. The molecule has 1 amide bonds. The molecule has 1 aliphatic heterocycles. The van der Waals surface area contributed by atoms with Gasteiger partial charge < -0.3 is 10.1 Å². The number of amides is 1. The third-order valence-electron chi connectivity index (χ3n) is 6.53. The second-order valence-electron chi connectivity index (χ2n) is 9.48. The van der Waals surface area contributed by atoms with Crippen molar-refractivity contribution in [3.05, 3.63) is 90.3 Å². The molecule has 3 aromatic carbocycles. The number of benzene rings is 3. The number of aliphatic imine (C=N–C) groups is 1. The van der Waals surface area contributed by atoms with Gasteiger partial charge in [-0.2, -0.15) is 4.99 Å². The van der Waals surface area contributed by atoms with E-state index in [0.29, 0.717) is 34.1 Å². The lowest BCUT2D eigenvalue weighted by molar-refractivity contribution is -0.274. The lowest BCUT2D eigenvalue weighted by atomic mass is 10.1. The van der Waals surface area contributed by atoms with Crippen molar-refractivity contribution in [2.24, 2.45) is 4.99 Å². The van der Waals surface area contributed by atoms with Gasteiger partial charge in [0.05, 0.1) is 17.1 Å². The molecule has 0 bridgehead atoms. The van der Waals surface area contributed by atoms with Gasteiger partial charge in [0.25, 0.3) is 0 Å². The average molecular weight is 625 g/mol. The normalized spacial score (nSPS) is 14.4. The summed E-state index contributed by atoms with van der Waals surface area (Å²) in [4.78, 5) is 23.1. The number of hydrogen-bond acceptors (Lipinski definition) is 6. The summed E-state index contributed by atoms with van der Waals surface area (Å²) in [6.45, 7) is 2.68. The maximum absolute atomic E-state index is 12.6. The molecular weight excluding hydrogens is 597 g/mol. The number of nitrogens with one attached hydrogen (secondary N) is 1. The maximum Gasteiger partial charge on any atom is 0.573 e. The Kier molecular flexibility index (Phi) is 9.41. The molecular formula is C30H27F3N6O2S2. The van der Waals surface area contributed by atoms with E-state index in [9.17, 15) is 18.0 Å². The van der Waals surface area contributed by atoms with Gasteiger partial charge in [0, 0.05) is 12.1 Å². The third kappa shape index (κ3) is 7.79. The zero-order valence-corrected chi connectivity index (χ0v) is 24.7. The minimum absolute atomic E-state index is 0.00789. The molecule has 0 aliphatic carbocycles. The number of amidine groups is 1. The van der Waals surface area contributed by atoms with E-state index in [-0.39, 0.29) is 11.7 Å². The van der Waals surface area contributed by atoms with Crippen LogP contribution in [0.15, 0.2) is 84.1 Å². The maximum atomic E-state index is 12.6. The highest BCUT2D eigenvalue weighted by molar-refractivity contribution is 8.15. The fraction of sp³-hybridized carbons (Fsp3) is 0.233. The first-order chi connectivity index (χ1) is 20.7. The quantitative estimate of drug-likeness (QED) is 0.172. The van der Waals surface area contributed by atoms with Gasteiger partial charge in [-0.15, -0.1) is 18.3 Å². The van der Waals surface area contributed by atoms with Gasteiger partial charge in [-0.25, -0.2) is 9.67 Å². The molecule has 8 nitrogen and oxygen atoms in total. The van der Waals surface area contributed by atoms with E-state index >= 15 is 0 Å². The molecule has 0 atom stereocenters. The number of halogens is 3. The highest BCUT2D eigenvalue weighted by Crippen LogP contribution is 2.30. The molecule has 1 saturated heterocycles. The van der Waals surface area contributed by atoms with Gasteiger partial charge in [-0.3, -0.25) is 9.69 Å². The van der Waals surface area contributed by atoms with E-state index in [2.05, 4.69) is 32.1 Å². The highest BCUT2D eigenvalue weighted by Gasteiger charge is 2.32. The number of aryl methyl sites for hydroxylation is 2. The van der Waals surface area contributed by atoms with Crippen LogP contribution in [0.4, 0.5) is 18.9 Å². The third-order valence-corrected chi connectivity index (χ3v) is 7.69. The average Bonchev–Trinajstić information content (AvgIpc) is 3.62. The van der Waals surface area contributed by atoms with Crippen LogP contribution in [0, 0.1) is 0 Å². The van der Waals surface area contributed by atoms with Gasteiger partial charge in [-0.1, -0.05) is 61.2 Å². The Balaban J connectivity index is 1.12. The summed E-state index contributed by atoms with van der Waals surface area (Å²) >= 11 is 6.83. The van der Waals surface area contributed by atoms with Crippen LogP contribution in [0.3, 0.4) is 0 Å². The highest BCUT2D eigenvalue weighted by atomic mass is 32.2. The first kappa shape index (κ1) is 30.2. The van der Waals surface area contributed by atoms with Gasteiger partial charge >= 0.3 is 6.36 Å². The van der Waals surface area contributed by atoms with E-state index in [1.807, 2.05) is 48.5 Å². The number of rotatable bonds is 9. The molecule has 13 heteroatoms. The Hall–Kier alpha value is -4.23. The number of ether oxygens (including phenoxy) is 1. The molecule has 1 aliphatic rings. The van der Waals surface area contributed by atoms with Crippen molar-refractivity contribution in [2.75, 3.05) is 17.2 Å². The SMILES string of the molecule is CCc1ccccc1N1C(=O)CSC1=NC(=S)NCCCc1ccc(-c2ncn(-c3ccc(OC(F)(F)F)cc3)n2)cc1. The minimum atomic E-state index is -4.74. The number of hydrogen-bond donors (Lipinski definition) is 1. The van der Waals surface area contributed by atoms with Crippen molar-refractivity contribution >= 4 is 45.9 Å². The van der Waals surface area contributed by atoms with Crippen molar-refractivity contribution in [3.8, 4) is 22.8 Å². The summed E-state index contributed by atoms with van der Waals surface area (Å²) in [5, 5.41) is 8.54. The summed E-state index contributed by atoms with van der Waals surface area (Å²) in [7, 11) is 0. The number of carbonyl (C=O) groups is 1. The van der Waals surface area contributed by atoms with Crippen LogP contribution < -0.4 is 15.0 Å². The van der Waals surface area contributed by atoms with Gasteiger partial charge in [0.15, 0.2) is 16.1 Å². The molecule has 0 unspecified atom stereocenters. The standard InChI is InChI=1S/C30H27F3N6O2S2/c1-2-21-7-3-4-8-25(21)39-26(40)18-43-29(39)36-28(42)34-17-5-6-20-9-11-22(12-10-20)27-35-19-38(37-27)23-13-15-24(16-14-23)41-30(31,32)33/h3-4,7-16,19H,2,5-6,17-18H2,1H3,(H,34,42). The molecule has 222 valence electrons. The second kappa shape index (κ2) is 13.4. The molecule has 1 aromatic heterocycles. The van der Waals surface area contributed by atoms with Crippen LogP contribution in [0.1, 0.15) is 24.5 Å². The lowest BCUT2D eigenvalue weighted by Crippen LogP contribution is -2.32. The number of alkyl halides is 3. The lowest BCUT2D eigenvalue weighted by Gasteiger charge is -2.19. The number of thiocarbonyl (C=S) groups is 1. The van der Waals surface area contributed by atoms with Crippen molar-refractivity contribution in [3.63, 3.8) is 0 Å². The van der Waals surface area contributed by atoms with Crippen LogP contribution in [-0.2, 0) is 17.6 Å². The van der Waals surface area contributed by atoms with Crippen LogP contribution >= 0.6 is 24.0 Å². The summed E-state index contributed by atoms with van der Waals surface area (Å²) in [6.07, 6.45) is -0.803. The van der Waals surface area contributed by atoms with E-state index in [0.717, 1.165) is 41.6 Å². The number of nitrogens with zero attached hydrogens (tertiary/aromatic N) is 5. The first-order valence-corrected chi connectivity index (χ1v) is 14.9. The number of aromatic nitrogens is 3. The van der Waals surface area contributed by atoms with E-state index < -0.39 is 6.36 Å². The number of carbonyl (C=O) groups excluding carboxylic acids is 1. The predicted molar refractivity (Wildman–Crippen MR) is 166 cm³/mol. The summed E-state index contributed by atoms with van der Waals surface area (Å²) in [6, 6.07) is 21.1. The summed E-state index contributed by atoms with van der Waals surface area (Å²) in [5.41, 5.74) is 4.42. The van der Waals surface area contributed by atoms with E-state index in [4.69, 9.17) is 12.2 Å². The number of thioether (sulfide) groups is 1. The molecule has 2 heterocycles. The fourth-order valence-corrected chi connectivity index (χ4v) is 5.58. The largest absolute Gasteiger partial charge is 0.573 e. The van der Waals surface area contributed by atoms with Gasteiger partial charge in [-0.05, 0) is 72.9 Å². The molecule has 1 fully saturated rings. The molecule has 0 saturated carbocycles. The predicted octanol–water partition coefficient (Wildman–Crippen LogP) is 6.34. The Morgan fingerprint density at radius 1 is 1.09 bits per heavy atom. The summed E-state index contributed by atoms with van der Waals surface area (Å²) in [5.74, 6) is 0.514. The van der Waals surface area contributed by atoms with Gasteiger partial charge in [0.2, 0.25) is 5.91 Å². The van der Waals surface area contributed by atoms with Crippen LogP contribution in [0.25, 0.3) is 17.1 Å². The van der Waals surface area contributed by atoms with Crippen LogP contribution in [-0.4, -0.2) is 49.6 Å². The van der Waals surface area contributed by atoms with Crippen molar-refractivity contribution in [2.45, 2.75) is 32.5 Å². The molecule has 0 radical (unpaired) electrons. The van der Waals surface area contributed by atoms with E-state index in [1.54, 1.807) is 4.90 Å². The molecule has 1 N–H and O–H groups in total. The first-order valence-electron chi connectivity index (χ1n) is 13.5. The van der Waals surface area contributed by atoms with Crippen molar-refractivity contribution < 1.29 is 22.7 Å². The monoisotopic (exact) mass is 624 g/mol. The molecule has 5 rings (SSSR count). The Labute approximate surface area is 256 Å². The Bertz CT molecular complexity index is 1620. The Morgan fingerprint density at radius 3 is 2.56 bits per heavy atom. The van der Waals surface area contributed by atoms with Crippen molar-refractivity contribution in [1.29, 1.82) is 0 Å². The van der Waals surface area contributed by atoms with Gasteiger partial charge in [0.1, 0.15) is 12.1 Å².